The minimum absolute atomic E-state index is 0.0233. The predicted molar refractivity (Wildman–Crippen MR) is 98.8 cm³/mol. The van der Waals surface area contributed by atoms with E-state index in [9.17, 15) is 9.59 Å². The molecule has 0 saturated carbocycles. The second-order valence-electron chi connectivity index (χ2n) is 6.83. The Morgan fingerprint density at radius 2 is 1.88 bits per heavy atom. The topological polar surface area (TPSA) is 56.2 Å². The van der Waals surface area contributed by atoms with Crippen LogP contribution in [-0.4, -0.2) is 66.5 Å². The second kappa shape index (κ2) is 7.78. The van der Waals surface area contributed by atoms with E-state index in [-0.39, 0.29) is 11.7 Å². The van der Waals surface area contributed by atoms with Gasteiger partial charge in [-0.25, -0.2) is 0 Å². The van der Waals surface area contributed by atoms with Crippen molar-refractivity contribution in [3.63, 3.8) is 0 Å². The van der Waals surface area contributed by atoms with Crippen molar-refractivity contribution in [2.75, 3.05) is 38.2 Å². The Hall–Kier alpha value is -2.21. The summed E-state index contributed by atoms with van der Waals surface area (Å²) in [6, 6.07) is 9.15. The van der Waals surface area contributed by atoms with Crippen LogP contribution in [-0.2, 0) is 9.59 Å². The fourth-order valence-electron chi connectivity index (χ4n) is 3.39. The van der Waals surface area contributed by atoms with E-state index in [1.165, 1.54) is 12.8 Å². The van der Waals surface area contributed by atoms with Gasteiger partial charge in [-0.1, -0.05) is 18.2 Å². The number of nitrogens with zero attached hydrogens (tertiary/aromatic N) is 4. The zero-order valence-electron chi connectivity index (χ0n) is 15.0. The number of amides is 1. The molecule has 0 radical (unpaired) electrons. The number of hydrazone groups is 1. The average Bonchev–Trinajstić information content (AvgIpc) is 3.29. The Kier molecular flexibility index (Phi) is 5.48. The van der Waals surface area contributed by atoms with Gasteiger partial charge in [-0.3, -0.25) is 14.6 Å². The molecule has 2 heterocycles. The first-order chi connectivity index (χ1) is 12.1. The molecule has 0 aliphatic carbocycles. The fourth-order valence-corrected chi connectivity index (χ4v) is 3.39. The van der Waals surface area contributed by atoms with E-state index in [4.69, 9.17) is 0 Å². The summed E-state index contributed by atoms with van der Waals surface area (Å²) in [6.07, 6.45) is 2.87. The van der Waals surface area contributed by atoms with Gasteiger partial charge in [0.05, 0.1) is 5.69 Å². The molecule has 1 fully saturated rings. The van der Waals surface area contributed by atoms with Gasteiger partial charge in [0.1, 0.15) is 11.8 Å². The first-order valence-electron chi connectivity index (χ1n) is 8.96. The molecular weight excluding hydrogens is 316 g/mol. The van der Waals surface area contributed by atoms with Crippen LogP contribution in [0, 0.1) is 0 Å². The Labute approximate surface area is 149 Å². The van der Waals surface area contributed by atoms with Gasteiger partial charge in [-0.15, -0.1) is 0 Å². The molecule has 25 heavy (non-hydrogen) atoms. The van der Waals surface area contributed by atoms with Gasteiger partial charge in [0.2, 0.25) is 0 Å². The number of anilines is 1. The molecule has 2 aliphatic rings. The van der Waals surface area contributed by atoms with Crippen LogP contribution in [0.1, 0.15) is 26.2 Å². The summed E-state index contributed by atoms with van der Waals surface area (Å²) in [5.74, 6) is -0.0565. The maximum Gasteiger partial charge on any atom is 0.269 e. The number of hydrogen-bond donors (Lipinski definition) is 0. The lowest BCUT2D eigenvalue weighted by Gasteiger charge is -2.21. The molecule has 2 aliphatic heterocycles. The summed E-state index contributed by atoms with van der Waals surface area (Å²) in [5, 5.41) is 6.17. The normalized spacial score (nSPS) is 20.6. The maximum absolute atomic E-state index is 12.7. The zero-order valence-corrected chi connectivity index (χ0v) is 15.0. The zero-order chi connectivity index (χ0) is 17.8. The summed E-state index contributed by atoms with van der Waals surface area (Å²) in [4.78, 5) is 28.9. The molecule has 134 valence electrons. The third kappa shape index (κ3) is 4.07. The van der Waals surface area contributed by atoms with Crippen LogP contribution >= 0.6 is 0 Å². The standard InChI is InChI=1S/C19H26N4O2/c1-15(24)18-14-17(20-23(18)16-8-4-3-5-9-16)19(25)21(2)12-13-22-10-6-7-11-22/h3-5,8-9,18H,6-7,10-14H2,1-2H3. The van der Waals surface area contributed by atoms with Crippen LogP contribution < -0.4 is 5.01 Å². The maximum atomic E-state index is 12.7. The smallest absolute Gasteiger partial charge is 0.269 e. The summed E-state index contributed by atoms with van der Waals surface area (Å²) >= 11 is 0. The van der Waals surface area contributed by atoms with Crippen molar-refractivity contribution >= 4 is 23.1 Å². The Bertz CT molecular complexity index is 653. The molecule has 0 N–H and O–H groups in total. The van der Waals surface area contributed by atoms with E-state index in [1.54, 1.807) is 16.8 Å². The van der Waals surface area contributed by atoms with Gasteiger partial charge in [-0.2, -0.15) is 5.10 Å². The average molecular weight is 342 g/mol. The number of likely N-dealkylation sites (N-methyl/N-ethyl adjacent to an activating group) is 1. The molecule has 3 rings (SSSR count). The molecule has 6 nitrogen and oxygen atoms in total. The van der Waals surface area contributed by atoms with E-state index in [0.29, 0.717) is 18.7 Å². The van der Waals surface area contributed by atoms with Crippen LogP contribution in [0.25, 0.3) is 0 Å². The van der Waals surface area contributed by atoms with Crippen molar-refractivity contribution in [2.45, 2.75) is 32.2 Å². The van der Waals surface area contributed by atoms with E-state index < -0.39 is 6.04 Å². The predicted octanol–water partition coefficient (Wildman–Crippen LogP) is 1.76. The van der Waals surface area contributed by atoms with Crippen LogP contribution in [0.15, 0.2) is 35.4 Å². The van der Waals surface area contributed by atoms with Gasteiger partial charge in [0.15, 0.2) is 5.78 Å². The minimum atomic E-state index is -0.395. The van der Waals surface area contributed by atoms with Crippen LogP contribution in [0.3, 0.4) is 0 Å². The van der Waals surface area contributed by atoms with E-state index in [2.05, 4.69) is 10.0 Å². The second-order valence-corrected chi connectivity index (χ2v) is 6.83. The van der Waals surface area contributed by atoms with Crippen LogP contribution in [0.4, 0.5) is 5.69 Å². The summed E-state index contributed by atoms with van der Waals surface area (Å²) < 4.78 is 0. The molecule has 1 aromatic rings. The highest BCUT2D eigenvalue weighted by Crippen LogP contribution is 2.25. The lowest BCUT2D eigenvalue weighted by molar-refractivity contribution is -0.123. The van der Waals surface area contributed by atoms with Gasteiger partial charge in [0.25, 0.3) is 5.91 Å². The molecule has 1 amide bonds. The number of para-hydroxylation sites is 1. The van der Waals surface area contributed by atoms with Crippen molar-refractivity contribution in [2.24, 2.45) is 5.10 Å². The monoisotopic (exact) mass is 342 g/mol. The van der Waals surface area contributed by atoms with Crippen molar-refractivity contribution in [3.05, 3.63) is 30.3 Å². The van der Waals surface area contributed by atoms with Crippen molar-refractivity contribution in [3.8, 4) is 0 Å². The van der Waals surface area contributed by atoms with Crippen molar-refractivity contribution < 1.29 is 9.59 Å². The van der Waals surface area contributed by atoms with Crippen LogP contribution in [0.5, 0.6) is 0 Å². The Morgan fingerprint density at radius 3 is 2.52 bits per heavy atom. The van der Waals surface area contributed by atoms with Crippen molar-refractivity contribution in [1.29, 1.82) is 0 Å². The highest BCUT2D eigenvalue weighted by atomic mass is 16.2. The molecule has 0 bridgehead atoms. The molecule has 0 aromatic heterocycles. The Balaban J connectivity index is 1.67. The minimum Gasteiger partial charge on any atom is -0.339 e. The molecule has 1 atom stereocenters. The third-order valence-corrected chi connectivity index (χ3v) is 4.94. The van der Waals surface area contributed by atoms with Gasteiger partial charge in [0, 0.05) is 26.6 Å². The molecule has 1 aromatic carbocycles. The first kappa shape index (κ1) is 17.6. The molecule has 1 unspecified atom stereocenters. The van der Waals surface area contributed by atoms with E-state index >= 15 is 0 Å². The number of carbonyl (C=O) groups is 2. The van der Waals surface area contributed by atoms with Crippen LogP contribution in [0.2, 0.25) is 0 Å². The summed E-state index contributed by atoms with van der Waals surface area (Å²) in [7, 11) is 1.81. The lowest BCUT2D eigenvalue weighted by Crippen LogP contribution is -2.39. The number of ketones is 1. The number of Topliss-reactive ketones (excluding diaryl/α,β-unsaturated/α-hetero) is 1. The van der Waals surface area contributed by atoms with Gasteiger partial charge >= 0.3 is 0 Å². The molecule has 0 spiro atoms. The molecular formula is C19H26N4O2. The Morgan fingerprint density at radius 1 is 1.20 bits per heavy atom. The number of likely N-dealkylation sites (tertiary alicyclic amines) is 1. The SMILES string of the molecule is CC(=O)C1CC(C(=O)N(C)CCN2CCCC2)=NN1c1ccccc1. The number of carbonyl (C=O) groups excluding carboxylic acids is 2. The first-order valence-corrected chi connectivity index (χ1v) is 8.96. The number of hydrogen-bond acceptors (Lipinski definition) is 5. The number of benzene rings is 1. The molecule has 6 heteroatoms. The van der Waals surface area contributed by atoms with Gasteiger partial charge in [-0.05, 0) is 45.0 Å². The number of rotatable bonds is 6. The quantitative estimate of drug-likeness (QED) is 0.791. The van der Waals surface area contributed by atoms with E-state index in [0.717, 1.165) is 25.3 Å². The van der Waals surface area contributed by atoms with E-state index in [1.807, 2.05) is 37.4 Å². The highest BCUT2D eigenvalue weighted by Gasteiger charge is 2.35. The van der Waals surface area contributed by atoms with Gasteiger partial charge < -0.3 is 9.80 Å². The fraction of sp³-hybridized carbons (Fsp3) is 0.526. The summed E-state index contributed by atoms with van der Waals surface area (Å²) in [6.45, 7) is 5.39. The summed E-state index contributed by atoms with van der Waals surface area (Å²) in [5.41, 5.74) is 1.30. The highest BCUT2D eigenvalue weighted by molar-refractivity contribution is 6.40. The molecule has 1 saturated heterocycles. The third-order valence-electron chi connectivity index (χ3n) is 4.94. The van der Waals surface area contributed by atoms with Crippen molar-refractivity contribution in [1.82, 2.24) is 9.80 Å². The lowest BCUT2D eigenvalue weighted by atomic mass is 10.1. The largest absolute Gasteiger partial charge is 0.339 e.